The topological polar surface area (TPSA) is 78.8 Å². The normalized spacial score (nSPS) is 16.6. The van der Waals surface area contributed by atoms with Crippen LogP contribution in [0, 0.1) is 0 Å². The maximum Gasteiger partial charge on any atom is 0.328 e. The predicted octanol–water partition coefficient (Wildman–Crippen LogP) is 5.47. The van der Waals surface area contributed by atoms with Gasteiger partial charge >= 0.3 is 5.97 Å². The Morgan fingerprint density at radius 3 is 2.91 bits per heavy atom. The van der Waals surface area contributed by atoms with Gasteiger partial charge in [-0.3, -0.25) is 0 Å². The fraction of sp³-hybridized carbons (Fsp3) is 0.240. The molecule has 7 heteroatoms. The Kier molecular flexibility index (Phi) is 7.27. The third-order valence-electron chi connectivity index (χ3n) is 5.45. The zero-order valence-corrected chi connectivity index (χ0v) is 18.9. The van der Waals surface area contributed by atoms with Gasteiger partial charge in [-0.05, 0) is 78.4 Å². The van der Waals surface area contributed by atoms with Gasteiger partial charge in [-0.2, -0.15) is 0 Å². The minimum atomic E-state index is -0.973. The molecule has 4 rings (SSSR count). The highest BCUT2D eigenvalue weighted by Gasteiger charge is 2.20. The van der Waals surface area contributed by atoms with Gasteiger partial charge in [0.1, 0.15) is 5.75 Å². The summed E-state index contributed by atoms with van der Waals surface area (Å²) in [5.74, 6) is -0.210. The standard InChI is InChI=1S/C25H24ClNO4S/c26-19-3-1-2-17(12-19)23(28)15-27-20-6-4-16-5-7-21(14-18(16)13-20)31-25-11-9-22(32-25)8-10-24(29)30/h1-3,5,7-12,14,20,23,27-28H,4,6,13,15H2,(H,29,30)/b10-8+/t20-,23-/m0/s1. The number of nitrogens with one attached hydrogen (secondary N) is 1. The van der Waals surface area contributed by atoms with Gasteiger partial charge in [0.05, 0.1) is 6.10 Å². The number of carboxylic acids is 1. The first-order chi connectivity index (χ1) is 15.5. The van der Waals surface area contributed by atoms with E-state index in [4.69, 9.17) is 21.4 Å². The van der Waals surface area contributed by atoms with Crippen molar-refractivity contribution in [3.05, 3.63) is 87.3 Å². The van der Waals surface area contributed by atoms with Crippen molar-refractivity contribution in [1.82, 2.24) is 5.32 Å². The molecule has 166 valence electrons. The monoisotopic (exact) mass is 469 g/mol. The second-order valence-corrected chi connectivity index (χ2v) is 9.29. The van der Waals surface area contributed by atoms with E-state index in [1.165, 1.54) is 22.5 Å². The van der Waals surface area contributed by atoms with Crippen molar-refractivity contribution in [2.45, 2.75) is 31.4 Å². The molecule has 3 aromatic rings. The number of hydrogen-bond acceptors (Lipinski definition) is 5. The second-order valence-electron chi connectivity index (χ2n) is 7.78. The van der Waals surface area contributed by atoms with E-state index in [9.17, 15) is 9.90 Å². The third-order valence-corrected chi connectivity index (χ3v) is 6.61. The van der Waals surface area contributed by atoms with Gasteiger partial charge in [-0.1, -0.05) is 41.1 Å². The summed E-state index contributed by atoms with van der Waals surface area (Å²) in [5.41, 5.74) is 3.37. The molecule has 0 amide bonds. The Hall–Kier alpha value is -2.64. The van der Waals surface area contributed by atoms with Crippen LogP contribution in [-0.2, 0) is 17.6 Å². The number of thiophene rings is 1. The smallest absolute Gasteiger partial charge is 0.328 e. The summed E-state index contributed by atoms with van der Waals surface area (Å²) in [7, 11) is 0. The van der Waals surface area contributed by atoms with Crippen LogP contribution in [0.3, 0.4) is 0 Å². The average Bonchev–Trinajstić information content (AvgIpc) is 3.23. The Morgan fingerprint density at radius 2 is 2.09 bits per heavy atom. The summed E-state index contributed by atoms with van der Waals surface area (Å²) >= 11 is 7.42. The van der Waals surface area contributed by atoms with E-state index in [1.807, 2.05) is 30.3 Å². The number of benzene rings is 2. The number of halogens is 1. The first kappa shape index (κ1) is 22.6. The first-order valence-corrected chi connectivity index (χ1v) is 11.6. The van der Waals surface area contributed by atoms with Crippen LogP contribution in [-0.4, -0.2) is 28.8 Å². The molecule has 3 N–H and O–H groups in total. The van der Waals surface area contributed by atoms with Crippen molar-refractivity contribution in [1.29, 1.82) is 0 Å². The van der Waals surface area contributed by atoms with Gasteiger partial charge in [0.25, 0.3) is 0 Å². The lowest BCUT2D eigenvalue weighted by Gasteiger charge is -2.27. The van der Waals surface area contributed by atoms with Gasteiger partial charge in [-0.15, -0.1) is 0 Å². The Morgan fingerprint density at radius 1 is 1.22 bits per heavy atom. The molecule has 0 aliphatic heterocycles. The zero-order valence-electron chi connectivity index (χ0n) is 17.3. The maximum absolute atomic E-state index is 10.7. The molecule has 0 radical (unpaired) electrons. The van der Waals surface area contributed by atoms with Crippen molar-refractivity contribution >= 4 is 35.0 Å². The molecule has 0 saturated heterocycles. The van der Waals surface area contributed by atoms with Crippen LogP contribution in [0.4, 0.5) is 0 Å². The molecule has 1 aromatic heterocycles. The zero-order chi connectivity index (χ0) is 22.5. The molecule has 0 spiro atoms. The summed E-state index contributed by atoms with van der Waals surface area (Å²) < 4.78 is 6.00. The quantitative estimate of drug-likeness (QED) is 0.381. The first-order valence-electron chi connectivity index (χ1n) is 10.4. The van der Waals surface area contributed by atoms with E-state index >= 15 is 0 Å². The molecule has 1 aliphatic rings. The molecule has 1 aliphatic carbocycles. The highest BCUT2D eigenvalue weighted by molar-refractivity contribution is 7.14. The molecule has 5 nitrogen and oxygen atoms in total. The van der Waals surface area contributed by atoms with Crippen molar-refractivity contribution < 1.29 is 19.7 Å². The summed E-state index contributed by atoms with van der Waals surface area (Å²) in [6.45, 7) is 0.471. The van der Waals surface area contributed by atoms with Crippen LogP contribution in [0.1, 0.15) is 34.1 Å². The van der Waals surface area contributed by atoms with Gasteiger partial charge in [-0.25, -0.2) is 4.79 Å². The number of aryl methyl sites for hydroxylation is 1. The third kappa shape index (κ3) is 5.99. The van der Waals surface area contributed by atoms with E-state index in [0.29, 0.717) is 16.6 Å². The Labute approximate surface area is 195 Å². The SMILES string of the molecule is O=C(O)/C=C/c1ccc(Oc2ccc3c(c2)C[C@@H](NC[C@H](O)c2cccc(Cl)c2)CC3)s1. The Balaban J connectivity index is 1.36. The van der Waals surface area contributed by atoms with Gasteiger partial charge in [0, 0.05) is 28.6 Å². The average molecular weight is 470 g/mol. The lowest BCUT2D eigenvalue weighted by molar-refractivity contribution is -0.131. The number of aliphatic carboxylic acids is 1. The molecule has 0 bridgehead atoms. The number of hydrogen-bond donors (Lipinski definition) is 3. The molecular weight excluding hydrogens is 446 g/mol. The molecule has 0 fully saturated rings. The lowest BCUT2D eigenvalue weighted by atomic mass is 9.88. The number of aliphatic hydroxyl groups excluding tert-OH is 1. The van der Waals surface area contributed by atoms with Crippen LogP contribution in [0.15, 0.2) is 60.7 Å². The van der Waals surface area contributed by atoms with Crippen molar-refractivity contribution in [3.8, 4) is 10.8 Å². The Bertz CT molecular complexity index is 1130. The summed E-state index contributed by atoms with van der Waals surface area (Å²) in [5, 5.41) is 24.0. The molecular formula is C25H24ClNO4S. The summed E-state index contributed by atoms with van der Waals surface area (Å²) in [4.78, 5) is 11.5. The molecule has 0 unspecified atom stereocenters. The number of rotatable bonds is 8. The molecule has 32 heavy (non-hydrogen) atoms. The van der Waals surface area contributed by atoms with E-state index in [0.717, 1.165) is 41.5 Å². The van der Waals surface area contributed by atoms with Crippen LogP contribution >= 0.6 is 22.9 Å². The number of carbonyl (C=O) groups is 1. The highest BCUT2D eigenvalue weighted by Crippen LogP contribution is 2.33. The summed E-state index contributed by atoms with van der Waals surface area (Å²) in [6, 6.07) is 17.4. The van der Waals surface area contributed by atoms with E-state index < -0.39 is 12.1 Å². The van der Waals surface area contributed by atoms with Gasteiger partial charge in [0.15, 0.2) is 5.06 Å². The number of fused-ring (bicyclic) bond motifs is 1. The van der Waals surface area contributed by atoms with Crippen LogP contribution in [0.25, 0.3) is 6.08 Å². The van der Waals surface area contributed by atoms with Crippen molar-refractivity contribution in [2.75, 3.05) is 6.54 Å². The molecule has 2 atom stereocenters. The van der Waals surface area contributed by atoms with Gasteiger partial charge < -0.3 is 20.3 Å². The number of carboxylic acid groups (broad SMARTS) is 1. The summed E-state index contributed by atoms with van der Waals surface area (Å²) in [6.07, 6.45) is 4.92. The second kappa shape index (κ2) is 10.3. The van der Waals surface area contributed by atoms with Crippen molar-refractivity contribution in [3.63, 3.8) is 0 Å². The van der Waals surface area contributed by atoms with E-state index in [1.54, 1.807) is 18.2 Å². The van der Waals surface area contributed by atoms with Crippen LogP contribution < -0.4 is 10.1 Å². The van der Waals surface area contributed by atoms with Gasteiger partial charge in [0.2, 0.25) is 0 Å². The highest BCUT2D eigenvalue weighted by atomic mass is 35.5. The minimum Gasteiger partial charge on any atom is -0.478 e. The molecule has 2 aromatic carbocycles. The van der Waals surface area contributed by atoms with Crippen LogP contribution in [0.5, 0.6) is 10.8 Å². The predicted molar refractivity (Wildman–Crippen MR) is 128 cm³/mol. The number of aliphatic hydroxyl groups is 1. The van der Waals surface area contributed by atoms with Crippen molar-refractivity contribution in [2.24, 2.45) is 0 Å². The maximum atomic E-state index is 10.7. The van der Waals surface area contributed by atoms with Crippen LogP contribution in [0.2, 0.25) is 5.02 Å². The van der Waals surface area contributed by atoms with E-state index in [-0.39, 0.29) is 6.04 Å². The minimum absolute atomic E-state index is 0.279. The number of ether oxygens (including phenoxy) is 1. The lowest BCUT2D eigenvalue weighted by Crippen LogP contribution is -2.37. The fourth-order valence-corrected chi connectivity index (χ4v) is 4.81. The van der Waals surface area contributed by atoms with E-state index in [2.05, 4.69) is 17.4 Å². The fourth-order valence-electron chi connectivity index (χ4n) is 3.83. The molecule has 0 saturated carbocycles. The molecule has 1 heterocycles. The largest absolute Gasteiger partial charge is 0.478 e.